The van der Waals surface area contributed by atoms with Crippen LogP contribution in [-0.4, -0.2) is 29.1 Å². The fourth-order valence-corrected chi connectivity index (χ4v) is 2.78. The monoisotopic (exact) mass is 331 g/mol. The Morgan fingerprint density at radius 3 is 2.40 bits per heavy atom. The molecule has 0 unspecified atom stereocenters. The van der Waals surface area contributed by atoms with Gasteiger partial charge in [-0.15, -0.1) is 10.2 Å². The maximum absolute atomic E-state index is 11.2. The Hall–Kier alpha value is -1.75. The molecular formula is C15H14BrN3O. The first kappa shape index (κ1) is 13.2. The Kier molecular flexibility index (Phi) is 3.78. The second-order valence-electron chi connectivity index (χ2n) is 4.78. The average Bonchev–Trinajstić information content (AvgIpc) is 2.49. The number of nitrogens with zero attached hydrogens (tertiary/aromatic N) is 3. The summed E-state index contributed by atoms with van der Waals surface area (Å²) < 4.78 is 1.01. The summed E-state index contributed by atoms with van der Waals surface area (Å²) in [7, 11) is 0. The molecule has 0 spiro atoms. The topological polar surface area (TPSA) is 46.1 Å². The highest BCUT2D eigenvalue weighted by atomic mass is 79.9. The predicted octanol–water partition coefficient (Wildman–Crippen LogP) is 3.08. The molecule has 4 nitrogen and oxygen atoms in total. The number of ketones is 1. The molecule has 0 saturated carbocycles. The number of hydrogen-bond acceptors (Lipinski definition) is 4. The van der Waals surface area contributed by atoms with Crippen LogP contribution in [0.15, 0.2) is 40.9 Å². The Bertz CT molecular complexity index is 617. The highest BCUT2D eigenvalue weighted by Gasteiger charge is 2.17. The number of aromatic nitrogens is 2. The second kappa shape index (κ2) is 5.71. The van der Waals surface area contributed by atoms with Crippen LogP contribution in [0.25, 0.3) is 11.3 Å². The molecule has 1 aromatic carbocycles. The number of Topliss-reactive ketones (excluding diaryl/α,β-unsaturated/α-hetero) is 1. The maximum atomic E-state index is 11.2. The summed E-state index contributed by atoms with van der Waals surface area (Å²) in [6.45, 7) is 1.48. The molecular weight excluding hydrogens is 318 g/mol. The lowest BCUT2D eigenvalue weighted by Gasteiger charge is -2.26. The van der Waals surface area contributed by atoms with Crippen LogP contribution < -0.4 is 4.90 Å². The van der Waals surface area contributed by atoms with E-state index in [0.29, 0.717) is 18.6 Å². The lowest BCUT2D eigenvalue weighted by atomic mass is 10.1. The molecule has 0 N–H and O–H groups in total. The number of benzene rings is 1. The van der Waals surface area contributed by atoms with Crippen LogP contribution in [0.4, 0.5) is 5.82 Å². The van der Waals surface area contributed by atoms with E-state index in [1.807, 2.05) is 36.4 Å². The van der Waals surface area contributed by atoms with Crippen molar-refractivity contribution in [2.75, 3.05) is 18.0 Å². The highest BCUT2D eigenvalue weighted by Crippen LogP contribution is 2.26. The van der Waals surface area contributed by atoms with Gasteiger partial charge in [0.15, 0.2) is 5.82 Å². The van der Waals surface area contributed by atoms with E-state index in [2.05, 4.69) is 31.0 Å². The van der Waals surface area contributed by atoms with E-state index in [-0.39, 0.29) is 0 Å². The Labute approximate surface area is 126 Å². The summed E-state index contributed by atoms with van der Waals surface area (Å²) in [5, 5.41) is 8.59. The van der Waals surface area contributed by atoms with Crippen LogP contribution in [0, 0.1) is 0 Å². The number of carbonyl (C=O) groups excluding carboxylic acids is 1. The van der Waals surface area contributed by atoms with Gasteiger partial charge in [-0.1, -0.05) is 34.1 Å². The van der Waals surface area contributed by atoms with E-state index in [1.165, 1.54) is 0 Å². The van der Waals surface area contributed by atoms with Crippen LogP contribution in [0.5, 0.6) is 0 Å². The predicted molar refractivity (Wildman–Crippen MR) is 81.6 cm³/mol. The average molecular weight is 332 g/mol. The van der Waals surface area contributed by atoms with E-state index in [0.717, 1.165) is 34.6 Å². The van der Waals surface area contributed by atoms with Crippen LogP contribution in [0.2, 0.25) is 0 Å². The minimum absolute atomic E-state index is 0.332. The summed E-state index contributed by atoms with van der Waals surface area (Å²) in [5.74, 6) is 1.17. The first-order valence-electron chi connectivity index (χ1n) is 6.59. The number of piperidine rings is 1. The lowest BCUT2D eigenvalue weighted by Crippen LogP contribution is -2.34. The van der Waals surface area contributed by atoms with Crippen molar-refractivity contribution in [1.82, 2.24) is 10.2 Å². The molecule has 3 rings (SSSR count). The molecule has 0 bridgehead atoms. The molecule has 2 aromatic rings. The largest absolute Gasteiger partial charge is 0.354 e. The molecule has 5 heteroatoms. The summed E-state index contributed by atoms with van der Waals surface area (Å²) in [6, 6.07) is 11.9. The Morgan fingerprint density at radius 1 is 1.00 bits per heavy atom. The number of hydrogen-bond donors (Lipinski definition) is 0. The van der Waals surface area contributed by atoms with Gasteiger partial charge in [-0.3, -0.25) is 4.79 Å². The molecule has 102 valence electrons. The second-order valence-corrected chi connectivity index (χ2v) is 5.64. The standard InChI is InChI=1S/C15H14BrN3O/c16-13-4-2-1-3-12(13)14-5-6-15(18-17-14)19-9-7-11(20)8-10-19/h1-6H,7-10H2. The highest BCUT2D eigenvalue weighted by molar-refractivity contribution is 9.10. The number of halogens is 1. The molecule has 1 aliphatic rings. The van der Waals surface area contributed by atoms with E-state index in [9.17, 15) is 4.79 Å². The molecule has 1 fully saturated rings. The van der Waals surface area contributed by atoms with Crippen molar-refractivity contribution in [3.63, 3.8) is 0 Å². The van der Waals surface area contributed by atoms with Gasteiger partial charge in [0.05, 0.1) is 5.69 Å². The first-order chi connectivity index (χ1) is 9.74. The van der Waals surface area contributed by atoms with E-state index < -0.39 is 0 Å². The molecule has 20 heavy (non-hydrogen) atoms. The van der Waals surface area contributed by atoms with E-state index in [4.69, 9.17) is 0 Å². The third-order valence-corrected chi connectivity index (χ3v) is 4.14. The van der Waals surface area contributed by atoms with Crippen molar-refractivity contribution in [2.45, 2.75) is 12.8 Å². The summed E-state index contributed by atoms with van der Waals surface area (Å²) in [4.78, 5) is 13.4. The van der Waals surface area contributed by atoms with Gasteiger partial charge in [-0.25, -0.2) is 0 Å². The van der Waals surface area contributed by atoms with E-state index >= 15 is 0 Å². The molecule has 2 heterocycles. The Balaban J connectivity index is 1.81. The number of rotatable bonds is 2. The van der Waals surface area contributed by atoms with Gasteiger partial charge in [0, 0.05) is 36.0 Å². The minimum Gasteiger partial charge on any atom is -0.354 e. The normalized spacial score (nSPS) is 15.4. The summed E-state index contributed by atoms with van der Waals surface area (Å²) >= 11 is 3.52. The molecule has 0 aliphatic carbocycles. The van der Waals surface area contributed by atoms with Crippen LogP contribution in [0.3, 0.4) is 0 Å². The van der Waals surface area contributed by atoms with Crippen molar-refractivity contribution in [3.05, 3.63) is 40.9 Å². The summed E-state index contributed by atoms with van der Waals surface area (Å²) in [5.41, 5.74) is 1.87. The van der Waals surface area contributed by atoms with Gasteiger partial charge in [0.25, 0.3) is 0 Å². The van der Waals surface area contributed by atoms with Crippen molar-refractivity contribution in [3.8, 4) is 11.3 Å². The van der Waals surface area contributed by atoms with Gasteiger partial charge in [0.2, 0.25) is 0 Å². The zero-order chi connectivity index (χ0) is 13.9. The molecule has 0 atom stereocenters. The molecule has 1 saturated heterocycles. The third kappa shape index (κ3) is 2.72. The van der Waals surface area contributed by atoms with Crippen LogP contribution in [-0.2, 0) is 4.79 Å². The zero-order valence-corrected chi connectivity index (χ0v) is 12.5. The van der Waals surface area contributed by atoms with E-state index in [1.54, 1.807) is 0 Å². The zero-order valence-electron chi connectivity index (χ0n) is 10.9. The SMILES string of the molecule is O=C1CCN(c2ccc(-c3ccccc3Br)nn2)CC1. The molecule has 1 aliphatic heterocycles. The van der Waals surface area contributed by atoms with Crippen LogP contribution in [0.1, 0.15) is 12.8 Å². The molecule has 1 aromatic heterocycles. The molecule has 0 radical (unpaired) electrons. The van der Waals surface area contributed by atoms with Crippen molar-refractivity contribution < 1.29 is 4.79 Å². The van der Waals surface area contributed by atoms with Gasteiger partial charge in [0.1, 0.15) is 5.78 Å². The maximum Gasteiger partial charge on any atom is 0.151 e. The fraction of sp³-hybridized carbons (Fsp3) is 0.267. The smallest absolute Gasteiger partial charge is 0.151 e. The summed E-state index contributed by atoms with van der Waals surface area (Å²) in [6.07, 6.45) is 1.21. The lowest BCUT2D eigenvalue weighted by molar-refractivity contribution is -0.119. The quantitative estimate of drug-likeness (QED) is 0.848. The fourth-order valence-electron chi connectivity index (χ4n) is 2.29. The van der Waals surface area contributed by atoms with Gasteiger partial charge < -0.3 is 4.90 Å². The van der Waals surface area contributed by atoms with Crippen molar-refractivity contribution >= 4 is 27.5 Å². The van der Waals surface area contributed by atoms with Gasteiger partial charge >= 0.3 is 0 Å². The van der Waals surface area contributed by atoms with Gasteiger partial charge in [-0.05, 0) is 18.2 Å². The number of carbonyl (C=O) groups is 1. The number of anilines is 1. The molecule has 0 amide bonds. The first-order valence-corrected chi connectivity index (χ1v) is 7.38. The van der Waals surface area contributed by atoms with Crippen molar-refractivity contribution in [2.24, 2.45) is 0 Å². The third-order valence-electron chi connectivity index (χ3n) is 3.45. The van der Waals surface area contributed by atoms with Crippen LogP contribution >= 0.6 is 15.9 Å². The minimum atomic E-state index is 0.332. The van der Waals surface area contributed by atoms with Crippen molar-refractivity contribution in [1.29, 1.82) is 0 Å². The Morgan fingerprint density at radius 2 is 1.75 bits per heavy atom. The van der Waals surface area contributed by atoms with Gasteiger partial charge in [-0.2, -0.15) is 0 Å².